The van der Waals surface area contributed by atoms with Crippen LogP contribution in [0.25, 0.3) is 0 Å². The molecule has 0 amide bonds. The molecule has 1 aromatic rings. The van der Waals surface area contributed by atoms with E-state index < -0.39 is 27.4 Å². The van der Waals surface area contributed by atoms with Crippen LogP contribution >= 0.6 is 11.6 Å². The zero-order chi connectivity index (χ0) is 16.2. The summed E-state index contributed by atoms with van der Waals surface area (Å²) in [5, 5.41) is -0.306. The Morgan fingerprint density at radius 1 is 1.36 bits per heavy atom. The summed E-state index contributed by atoms with van der Waals surface area (Å²) in [7, 11) is -3.61. The zero-order valence-electron chi connectivity index (χ0n) is 12.0. The molecule has 0 radical (unpaired) electrons. The van der Waals surface area contributed by atoms with E-state index >= 15 is 0 Å². The summed E-state index contributed by atoms with van der Waals surface area (Å²) in [6, 6.07) is 6.20. The monoisotopic (exact) mass is 347 g/mol. The summed E-state index contributed by atoms with van der Waals surface area (Å²) in [6.45, 7) is 2.10. The smallest absolute Gasteiger partial charge is 0.324 e. The number of ether oxygens (including phenoxy) is 1. The Balaban J connectivity index is 1.91. The predicted molar refractivity (Wildman–Crippen MR) is 82.3 cm³/mol. The maximum Gasteiger partial charge on any atom is 0.324 e. The maximum absolute atomic E-state index is 12.2. The van der Waals surface area contributed by atoms with Gasteiger partial charge in [-0.25, -0.2) is 24.0 Å². The van der Waals surface area contributed by atoms with Crippen molar-refractivity contribution in [3.8, 4) is 0 Å². The van der Waals surface area contributed by atoms with Crippen LogP contribution in [0.15, 0.2) is 24.3 Å². The Morgan fingerprint density at radius 2 is 2.05 bits per heavy atom. The molecule has 1 heterocycles. The highest BCUT2D eigenvalue weighted by Gasteiger charge is 2.37. The summed E-state index contributed by atoms with van der Waals surface area (Å²) in [4.78, 5) is 11.6. The van der Waals surface area contributed by atoms with E-state index in [2.05, 4.69) is 15.6 Å². The number of halogens is 1. The lowest BCUT2D eigenvalue weighted by molar-refractivity contribution is -0.145. The molecule has 0 spiro atoms. The molecule has 22 heavy (non-hydrogen) atoms. The third-order valence-corrected chi connectivity index (χ3v) is 5.06. The summed E-state index contributed by atoms with van der Waals surface area (Å²) in [5.41, 5.74) is 6.04. The molecule has 1 saturated heterocycles. The second-order valence-electron chi connectivity index (χ2n) is 4.81. The van der Waals surface area contributed by atoms with E-state index in [1.165, 1.54) is 0 Å². The molecular formula is C13H18ClN3O4S. The van der Waals surface area contributed by atoms with Gasteiger partial charge in [-0.05, 0) is 24.6 Å². The van der Waals surface area contributed by atoms with E-state index in [1.54, 1.807) is 31.2 Å². The maximum atomic E-state index is 12.2. The van der Waals surface area contributed by atoms with Gasteiger partial charge in [0.1, 0.15) is 11.4 Å². The van der Waals surface area contributed by atoms with Gasteiger partial charge >= 0.3 is 5.97 Å². The number of nitrogens with one attached hydrogen (secondary N) is 3. The average Bonchev–Trinajstić information content (AvgIpc) is 2.98. The molecule has 7 nitrogen and oxygen atoms in total. The number of carbonyl (C=O) groups excluding carboxylic acids is 1. The van der Waals surface area contributed by atoms with Gasteiger partial charge < -0.3 is 4.74 Å². The molecule has 122 valence electrons. The summed E-state index contributed by atoms with van der Waals surface area (Å²) in [5.74, 6) is -0.467. The van der Waals surface area contributed by atoms with Crippen molar-refractivity contribution in [2.24, 2.45) is 0 Å². The molecule has 0 aliphatic carbocycles. The largest absolute Gasteiger partial charge is 0.465 e. The number of hydrazine groups is 1. The predicted octanol–water partition coefficient (Wildman–Crippen LogP) is 0.515. The third-order valence-electron chi connectivity index (χ3n) is 3.20. The minimum absolute atomic E-state index is 0.106. The first-order valence-corrected chi connectivity index (χ1v) is 8.75. The highest BCUT2D eigenvalue weighted by molar-refractivity contribution is 7.90. The van der Waals surface area contributed by atoms with Crippen LogP contribution in [0.3, 0.4) is 0 Å². The molecule has 0 bridgehead atoms. The quantitative estimate of drug-likeness (QED) is 0.649. The van der Waals surface area contributed by atoms with Crippen LogP contribution in [0, 0.1) is 0 Å². The van der Waals surface area contributed by atoms with Gasteiger partial charge in [0.05, 0.1) is 6.61 Å². The van der Waals surface area contributed by atoms with Gasteiger partial charge in [0.2, 0.25) is 10.0 Å². The highest BCUT2D eigenvalue weighted by atomic mass is 35.5. The van der Waals surface area contributed by atoms with Crippen molar-refractivity contribution in [2.75, 3.05) is 6.61 Å². The molecule has 1 aliphatic heterocycles. The van der Waals surface area contributed by atoms with Gasteiger partial charge in [0.15, 0.2) is 0 Å². The number of benzene rings is 1. The van der Waals surface area contributed by atoms with E-state index in [9.17, 15) is 13.2 Å². The van der Waals surface area contributed by atoms with E-state index in [0.717, 1.165) is 5.56 Å². The number of carbonyl (C=O) groups is 1. The lowest BCUT2D eigenvalue weighted by Crippen LogP contribution is -2.43. The van der Waals surface area contributed by atoms with E-state index in [-0.39, 0.29) is 19.6 Å². The molecule has 2 atom stereocenters. The standard InChI is InChI=1S/C13H18ClN3O4S/c1-2-21-13(18)11-7-12(17-16-11)22(19,20)15-8-9-3-5-10(14)6-4-9/h3-6,11-12,15-17H,2,7-8H2,1H3. The van der Waals surface area contributed by atoms with Crippen molar-refractivity contribution in [1.82, 2.24) is 15.6 Å². The Morgan fingerprint density at radius 3 is 2.68 bits per heavy atom. The first kappa shape index (κ1) is 17.2. The minimum Gasteiger partial charge on any atom is -0.465 e. The van der Waals surface area contributed by atoms with Crippen LogP contribution in [0.2, 0.25) is 5.02 Å². The lowest BCUT2D eigenvalue weighted by Gasteiger charge is -2.12. The van der Waals surface area contributed by atoms with Gasteiger partial charge in [-0.3, -0.25) is 4.79 Å². The number of rotatable bonds is 6. The van der Waals surface area contributed by atoms with Crippen LogP contribution in [-0.4, -0.2) is 32.4 Å². The van der Waals surface area contributed by atoms with Crippen molar-refractivity contribution in [3.63, 3.8) is 0 Å². The van der Waals surface area contributed by atoms with Gasteiger partial charge in [-0.1, -0.05) is 23.7 Å². The van der Waals surface area contributed by atoms with Crippen molar-refractivity contribution >= 4 is 27.6 Å². The van der Waals surface area contributed by atoms with Crippen LogP contribution < -0.4 is 15.6 Å². The number of hydrogen-bond acceptors (Lipinski definition) is 6. The SMILES string of the molecule is CCOC(=O)C1CC(S(=O)(=O)NCc2ccc(Cl)cc2)NN1. The Labute approximate surface area is 134 Å². The molecule has 2 unspecified atom stereocenters. The zero-order valence-corrected chi connectivity index (χ0v) is 13.6. The van der Waals surface area contributed by atoms with Crippen molar-refractivity contribution in [3.05, 3.63) is 34.9 Å². The molecule has 2 rings (SSSR count). The van der Waals surface area contributed by atoms with E-state index in [0.29, 0.717) is 5.02 Å². The lowest BCUT2D eigenvalue weighted by atomic mass is 10.2. The minimum atomic E-state index is -3.61. The summed E-state index contributed by atoms with van der Waals surface area (Å²) in [6.07, 6.45) is 0.106. The molecule has 9 heteroatoms. The van der Waals surface area contributed by atoms with Crippen LogP contribution in [0.4, 0.5) is 0 Å². The average molecular weight is 348 g/mol. The van der Waals surface area contributed by atoms with E-state index in [4.69, 9.17) is 16.3 Å². The van der Waals surface area contributed by atoms with Gasteiger partial charge in [-0.2, -0.15) is 0 Å². The highest BCUT2D eigenvalue weighted by Crippen LogP contribution is 2.13. The fourth-order valence-electron chi connectivity index (χ4n) is 2.01. The van der Waals surface area contributed by atoms with E-state index in [1.807, 2.05) is 0 Å². The Hall–Kier alpha value is -1.19. The summed E-state index contributed by atoms with van der Waals surface area (Å²) >= 11 is 5.78. The molecular weight excluding hydrogens is 330 g/mol. The topological polar surface area (TPSA) is 96.5 Å². The van der Waals surface area contributed by atoms with Crippen molar-refractivity contribution < 1.29 is 17.9 Å². The number of sulfonamides is 1. The first-order valence-electron chi connectivity index (χ1n) is 6.83. The normalized spacial score (nSPS) is 21.7. The van der Waals surface area contributed by atoms with Crippen LogP contribution in [-0.2, 0) is 26.1 Å². The van der Waals surface area contributed by atoms with Crippen LogP contribution in [0.5, 0.6) is 0 Å². The third kappa shape index (κ3) is 4.40. The van der Waals surface area contributed by atoms with Crippen LogP contribution in [0.1, 0.15) is 18.9 Å². The number of esters is 1. The number of hydrogen-bond donors (Lipinski definition) is 3. The molecule has 0 aromatic heterocycles. The Kier molecular flexibility index (Phi) is 5.76. The van der Waals surface area contributed by atoms with Crippen molar-refractivity contribution in [1.29, 1.82) is 0 Å². The van der Waals surface area contributed by atoms with Crippen molar-refractivity contribution in [2.45, 2.75) is 31.3 Å². The fraction of sp³-hybridized carbons (Fsp3) is 0.462. The fourth-order valence-corrected chi connectivity index (χ4v) is 3.38. The second-order valence-corrected chi connectivity index (χ2v) is 7.19. The van der Waals surface area contributed by atoms with Gasteiger partial charge in [0.25, 0.3) is 0 Å². The Bertz CT molecular complexity index is 621. The molecule has 1 aromatic carbocycles. The van der Waals surface area contributed by atoms with Gasteiger partial charge in [-0.15, -0.1) is 0 Å². The summed E-state index contributed by atoms with van der Waals surface area (Å²) < 4.78 is 31.8. The molecule has 0 saturated carbocycles. The molecule has 1 aliphatic rings. The molecule has 3 N–H and O–H groups in total. The second kappa shape index (κ2) is 7.38. The first-order chi connectivity index (χ1) is 10.4. The van der Waals surface area contributed by atoms with Gasteiger partial charge in [0, 0.05) is 18.0 Å². The molecule has 1 fully saturated rings.